The van der Waals surface area contributed by atoms with Crippen LogP contribution in [0.25, 0.3) is 0 Å². The average Bonchev–Trinajstić information content (AvgIpc) is 2.68. The molecule has 0 aromatic heterocycles. The predicted molar refractivity (Wildman–Crippen MR) is 101 cm³/mol. The Morgan fingerprint density at radius 1 is 1.00 bits per heavy atom. The van der Waals surface area contributed by atoms with Crippen molar-refractivity contribution in [1.29, 1.82) is 0 Å². The molecular formula is C22H29NO2. The second-order valence-corrected chi connectivity index (χ2v) is 7.26. The highest BCUT2D eigenvalue weighted by Gasteiger charge is 2.27. The normalized spacial score (nSPS) is 18.8. The third-order valence-corrected chi connectivity index (χ3v) is 5.52. The molecule has 0 aliphatic carbocycles. The largest absolute Gasteiger partial charge is 0.392 e. The molecule has 0 saturated carbocycles. The summed E-state index contributed by atoms with van der Waals surface area (Å²) in [7, 11) is 0. The van der Waals surface area contributed by atoms with Gasteiger partial charge in [0.2, 0.25) is 0 Å². The molecule has 3 rings (SSSR count). The number of hydrogen-bond donors (Lipinski definition) is 2. The molecule has 1 saturated heterocycles. The first-order chi connectivity index (χ1) is 12.2. The van der Waals surface area contributed by atoms with Gasteiger partial charge < -0.3 is 10.2 Å². The van der Waals surface area contributed by atoms with Gasteiger partial charge in [-0.3, -0.25) is 4.90 Å². The van der Waals surface area contributed by atoms with Crippen LogP contribution in [0.4, 0.5) is 0 Å². The van der Waals surface area contributed by atoms with Crippen molar-refractivity contribution in [1.82, 2.24) is 4.90 Å². The van der Waals surface area contributed by atoms with E-state index in [1.807, 2.05) is 24.3 Å². The Labute approximate surface area is 150 Å². The van der Waals surface area contributed by atoms with E-state index < -0.39 is 6.10 Å². The van der Waals surface area contributed by atoms with Crippen LogP contribution in [0.1, 0.15) is 42.6 Å². The third-order valence-electron chi connectivity index (χ3n) is 5.52. The summed E-state index contributed by atoms with van der Waals surface area (Å²) in [6, 6.07) is 18.5. The quantitative estimate of drug-likeness (QED) is 0.846. The minimum atomic E-state index is -0.517. The van der Waals surface area contributed by atoms with E-state index in [1.54, 1.807) is 0 Å². The lowest BCUT2D eigenvalue weighted by atomic mass is 9.89. The van der Waals surface area contributed by atoms with E-state index in [0.29, 0.717) is 0 Å². The molecule has 3 heteroatoms. The van der Waals surface area contributed by atoms with Crippen molar-refractivity contribution in [3.63, 3.8) is 0 Å². The van der Waals surface area contributed by atoms with Gasteiger partial charge in [0.15, 0.2) is 0 Å². The highest BCUT2D eigenvalue weighted by Crippen LogP contribution is 2.27. The molecule has 2 aromatic rings. The molecule has 134 valence electrons. The van der Waals surface area contributed by atoms with Gasteiger partial charge in [0.1, 0.15) is 0 Å². The molecule has 1 aliphatic heterocycles. The van der Waals surface area contributed by atoms with Gasteiger partial charge in [-0.15, -0.1) is 0 Å². The number of aliphatic hydroxyl groups excluding tert-OH is 2. The minimum absolute atomic E-state index is 0.0137. The fourth-order valence-electron chi connectivity index (χ4n) is 3.87. The van der Waals surface area contributed by atoms with E-state index in [0.717, 1.165) is 36.6 Å². The van der Waals surface area contributed by atoms with Crippen LogP contribution in [-0.2, 0) is 13.0 Å². The maximum atomic E-state index is 10.7. The summed E-state index contributed by atoms with van der Waals surface area (Å²) in [5.74, 6) is 0.737. The van der Waals surface area contributed by atoms with Crippen LogP contribution in [0.3, 0.4) is 0 Å². The van der Waals surface area contributed by atoms with E-state index in [2.05, 4.69) is 42.2 Å². The standard InChI is InChI=1S/C22H29NO2/c1-17(22(25)21-9-5-8-20(15-21)16-24)23-12-10-19(11-13-23)14-18-6-3-2-4-7-18/h2-9,15,17,19,22,24-25H,10-14,16H2,1H3. The molecule has 3 nitrogen and oxygen atoms in total. The Morgan fingerprint density at radius 3 is 2.36 bits per heavy atom. The van der Waals surface area contributed by atoms with Crippen molar-refractivity contribution >= 4 is 0 Å². The smallest absolute Gasteiger partial charge is 0.0942 e. The Morgan fingerprint density at radius 2 is 1.68 bits per heavy atom. The van der Waals surface area contributed by atoms with Crippen molar-refractivity contribution in [2.24, 2.45) is 5.92 Å². The first-order valence-electron chi connectivity index (χ1n) is 9.33. The number of hydrogen-bond acceptors (Lipinski definition) is 3. The molecule has 2 aromatic carbocycles. The second-order valence-electron chi connectivity index (χ2n) is 7.26. The summed E-state index contributed by atoms with van der Waals surface area (Å²) in [6.45, 7) is 4.19. The number of piperidine rings is 1. The van der Waals surface area contributed by atoms with Crippen LogP contribution in [0, 0.1) is 5.92 Å². The lowest BCUT2D eigenvalue weighted by molar-refractivity contribution is 0.0372. The summed E-state index contributed by atoms with van der Waals surface area (Å²) >= 11 is 0. The van der Waals surface area contributed by atoms with Crippen molar-refractivity contribution in [3.05, 3.63) is 71.3 Å². The second kappa shape index (κ2) is 8.61. The van der Waals surface area contributed by atoms with Gasteiger partial charge in [0.25, 0.3) is 0 Å². The summed E-state index contributed by atoms with van der Waals surface area (Å²) in [5, 5.41) is 20.0. The molecule has 0 amide bonds. The molecule has 25 heavy (non-hydrogen) atoms. The highest BCUT2D eigenvalue weighted by atomic mass is 16.3. The molecule has 1 aliphatic rings. The molecule has 0 radical (unpaired) electrons. The van der Waals surface area contributed by atoms with Crippen molar-refractivity contribution in [3.8, 4) is 0 Å². The van der Waals surface area contributed by atoms with E-state index in [1.165, 1.54) is 18.4 Å². The molecule has 0 spiro atoms. The number of aliphatic hydroxyl groups is 2. The molecule has 2 unspecified atom stereocenters. The SMILES string of the molecule is CC(C(O)c1cccc(CO)c1)N1CCC(Cc2ccccc2)CC1. The van der Waals surface area contributed by atoms with Crippen LogP contribution in [0.2, 0.25) is 0 Å². The topological polar surface area (TPSA) is 43.7 Å². The molecule has 1 heterocycles. The lowest BCUT2D eigenvalue weighted by Crippen LogP contribution is -2.43. The fourth-order valence-corrected chi connectivity index (χ4v) is 3.87. The zero-order chi connectivity index (χ0) is 17.6. The number of likely N-dealkylation sites (tertiary alicyclic amines) is 1. The predicted octanol–water partition coefficient (Wildman–Crippen LogP) is 3.56. The lowest BCUT2D eigenvalue weighted by Gasteiger charge is -2.38. The van der Waals surface area contributed by atoms with Gasteiger partial charge >= 0.3 is 0 Å². The number of nitrogens with zero attached hydrogens (tertiary/aromatic N) is 1. The highest BCUT2D eigenvalue weighted by molar-refractivity contribution is 5.25. The summed E-state index contributed by atoms with van der Waals surface area (Å²) in [4.78, 5) is 2.40. The Hall–Kier alpha value is -1.68. The first kappa shape index (κ1) is 18.1. The zero-order valence-electron chi connectivity index (χ0n) is 15.0. The molecule has 0 bridgehead atoms. The van der Waals surface area contributed by atoms with Crippen LogP contribution in [0.5, 0.6) is 0 Å². The summed E-state index contributed by atoms with van der Waals surface area (Å²) in [6.07, 6.45) is 3.01. The Kier molecular flexibility index (Phi) is 6.24. The van der Waals surface area contributed by atoms with Crippen molar-refractivity contribution < 1.29 is 10.2 Å². The van der Waals surface area contributed by atoms with Gasteiger partial charge in [-0.2, -0.15) is 0 Å². The molecular weight excluding hydrogens is 310 g/mol. The van der Waals surface area contributed by atoms with Crippen LogP contribution in [-0.4, -0.2) is 34.2 Å². The molecule has 1 fully saturated rings. The van der Waals surface area contributed by atoms with Gasteiger partial charge in [0, 0.05) is 6.04 Å². The third kappa shape index (κ3) is 4.69. The van der Waals surface area contributed by atoms with E-state index in [9.17, 15) is 10.2 Å². The summed E-state index contributed by atoms with van der Waals surface area (Å²) in [5.41, 5.74) is 3.17. The van der Waals surface area contributed by atoms with E-state index >= 15 is 0 Å². The molecule has 2 atom stereocenters. The maximum absolute atomic E-state index is 10.7. The van der Waals surface area contributed by atoms with Crippen LogP contribution >= 0.6 is 0 Å². The van der Waals surface area contributed by atoms with Crippen LogP contribution in [0.15, 0.2) is 54.6 Å². The maximum Gasteiger partial charge on any atom is 0.0942 e. The van der Waals surface area contributed by atoms with Crippen molar-refractivity contribution in [2.45, 2.75) is 44.9 Å². The van der Waals surface area contributed by atoms with Gasteiger partial charge in [-0.25, -0.2) is 0 Å². The van der Waals surface area contributed by atoms with Crippen molar-refractivity contribution in [2.75, 3.05) is 13.1 Å². The first-order valence-corrected chi connectivity index (χ1v) is 9.33. The Balaban J connectivity index is 1.54. The molecule has 2 N–H and O–H groups in total. The van der Waals surface area contributed by atoms with E-state index in [4.69, 9.17) is 0 Å². The van der Waals surface area contributed by atoms with Gasteiger partial charge in [0.05, 0.1) is 12.7 Å². The zero-order valence-corrected chi connectivity index (χ0v) is 15.0. The van der Waals surface area contributed by atoms with Crippen LogP contribution < -0.4 is 0 Å². The Bertz CT molecular complexity index is 650. The average molecular weight is 339 g/mol. The summed E-state index contributed by atoms with van der Waals surface area (Å²) < 4.78 is 0. The number of benzene rings is 2. The van der Waals surface area contributed by atoms with E-state index in [-0.39, 0.29) is 12.6 Å². The van der Waals surface area contributed by atoms with Gasteiger partial charge in [-0.05, 0) is 61.9 Å². The fraction of sp³-hybridized carbons (Fsp3) is 0.455. The number of rotatable bonds is 6. The monoisotopic (exact) mass is 339 g/mol. The van der Waals surface area contributed by atoms with Gasteiger partial charge in [-0.1, -0.05) is 54.6 Å². The minimum Gasteiger partial charge on any atom is -0.392 e.